The molecule has 5 heteroatoms. The third-order valence-corrected chi connectivity index (χ3v) is 5.73. The zero-order valence-corrected chi connectivity index (χ0v) is 17.4. The lowest BCUT2D eigenvalue weighted by molar-refractivity contribution is -0.137. The van der Waals surface area contributed by atoms with E-state index in [9.17, 15) is 9.59 Å². The zero-order chi connectivity index (χ0) is 20.6. The van der Waals surface area contributed by atoms with Crippen LogP contribution in [0, 0.1) is 5.92 Å². The van der Waals surface area contributed by atoms with Crippen molar-refractivity contribution in [2.75, 3.05) is 31.5 Å². The van der Waals surface area contributed by atoms with E-state index in [1.165, 1.54) is 0 Å². The van der Waals surface area contributed by atoms with Gasteiger partial charge in [-0.2, -0.15) is 0 Å². The fourth-order valence-corrected chi connectivity index (χ4v) is 4.04. The first-order valence-electron chi connectivity index (χ1n) is 10.6. The summed E-state index contributed by atoms with van der Waals surface area (Å²) in [6.45, 7) is 6.91. The number of likely N-dealkylation sites (tertiary alicyclic amines) is 1. The van der Waals surface area contributed by atoms with Crippen molar-refractivity contribution in [1.29, 1.82) is 0 Å². The molecule has 3 rings (SSSR count). The number of benzene rings is 2. The van der Waals surface area contributed by atoms with Crippen molar-refractivity contribution < 1.29 is 9.59 Å². The van der Waals surface area contributed by atoms with E-state index in [4.69, 9.17) is 0 Å². The van der Waals surface area contributed by atoms with E-state index in [0.29, 0.717) is 13.1 Å². The van der Waals surface area contributed by atoms with Gasteiger partial charge in [0.15, 0.2) is 0 Å². The Hall–Kier alpha value is -2.66. The molecule has 0 spiro atoms. The van der Waals surface area contributed by atoms with Crippen molar-refractivity contribution in [3.05, 3.63) is 66.2 Å². The van der Waals surface area contributed by atoms with Crippen molar-refractivity contribution in [3.63, 3.8) is 0 Å². The molecule has 1 saturated heterocycles. The molecule has 0 aromatic heterocycles. The predicted octanol–water partition coefficient (Wildman–Crippen LogP) is 3.95. The lowest BCUT2D eigenvalue weighted by atomic mass is 9.93. The van der Waals surface area contributed by atoms with E-state index in [-0.39, 0.29) is 23.8 Å². The average molecular weight is 394 g/mol. The number of para-hydroxylation sites is 1. The molecule has 5 nitrogen and oxygen atoms in total. The molecule has 0 bridgehead atoms. The summed E-state index contributed by atoms with van der Waals surface area (Å²) in [5, 5.41) is 3.01. The molecule has 29 heavy (non-hydrogen) atoms. The fourth-order valence-electron chi connectivity index (χ4n) is 4.04. The summed E-state index contributed by atoms with van der Waals surface area (Å²) in [6, 6.07) is 19.3. The summed E-state index contributed by atoms with van der Waals surface area (Å²) in [6.07, 6.45) is 1.51. The van der Waals surface area contributed by atoms with Crippen LogP contribution in [0.5, 0.6) is 0 Å². The topological polar surface area (TPSA) is 52.7 Å². The second kappa shape index (κ2) is 10.2. The Morgan fingerprint density at radius 1 is 0.966 bits per heavy atom. The minimum Gasteiger partial charge on any atom is -0.342 e. The Morgan fingerprint density at radius 3 is 2.07 bits per heavy atom. The molecular weight excluding hydrogens is 362 g/mol. The number of hydrogen-bond acceptors (Lipinski definition) is 3. The normalized spacial score (nSPS) is 16.2. The average Bonchev–Trinajstić information content (AvgIpc) is 2.77. The summed E-state index contributed by atoms with van der Waals surface area (Å²) in [4.78, 5) is 30.0. The number of piperidine rings is 1. The zero-order valence-electron chi connectivity index (χ0n) is 17.4. The maximum atomic E-state index is 13.3. The second-order valence-corrected chi connectivity index (χ2v) is 7.49. The molecule has 1 atom stereocenters. The van der Waals surface area contributed by atoms with Crippen LogP contribution in [0.2, 0.25) is 0 Å². The van der Waals surface area contributed by atoms with Crippen LogP contribution < -0.4 is 5.32 Å². The van der Waals surface area contributed by atoms with E-state index in [2.05, 4.69) is 10.2 Å². The van der Waals surface area contributed by atoms with E-state index in [1.807, 2.05) is 79.4 Å². The first-order valence-corrected chi connectivity index (χ1v) is 10.6. The van der Waals surface area contributed by atoms with Gasteiger partial charge in [-0.25, -0.2) is 0 Å². The van der Waals surface area contributed by atoms with Crippen LogP contribution in [-0.4, -0.2) is 47.8 Å². The number of amides is 2. The van der Waals surface area contributed by atoms with Gasteiger partial charge < -0.3 is 10.2 Å². The highest BCUT2D eigenvalue weighted by atomic mass is 16.2. The van der Waals surface area contributed by atoms with Crippen LogP contribution in [0.3, 0.4) is 0 Å². The standard InChI is InChI=1S/C24H31N3O2/c1-3-26(4-2)24(29)22(19-11-7-5-8-12-19)27-17-15-20(16-18-27)23(28)25-21-13-9-6-10-14-21/h5-14,20,22H,3-4,15-18H2,1-2H3,(H,25,28)/t22-/m1/s1. The van der Waals surface area contributed by atoms with Gasteiger partial charge in [0.25, 0.3) is 0 Å². The first-order chi connectivity index (χ1) is 14.1. The lowest BCUT2D eigenvalue weighted by Gasteiger charge is -2.38. The quantitative estimate of drug-likeness (QED) is 0.775. The van der Waals surface area contributed by atoms with Gasteiger partial charge in [-0.3, -0.25) is 14.5 Å². The molecule has 0 unspecified atom stereocenters. The van der Waals surface area contributed by atoms with Crippen molar-refractivity contribution in [2.24, 2.45) is 5.92 Å². The number of carbonyl (C=O) groups excluding carboxylic acids is 2. The molecule has 0 radical (unpaired) electrons. The van der Waals surface area contributed by atoms with Gasteiger partial charge in [0.2, 0.25) is 11.8 Å². The summed E-state index contributed by atoms with van der Waals surface area (Å²) < 4.78 is 0. The highest BCUT2D eigenvalue weighted by molar-refractivity contribution is 5.92. The van der Waals surface area contributed by atoms with Crippen LogP contribution in [0.25, 0.3) is 0 Å². The van der Waals surface area contributed by atoms with Crippen LogP contribution >= 0.6 is 0 Å². The minimum absolute atomic E-state index is 0.0218. The predicted molar refractivity (Wildman–Crippen MR) is 116 cm³/mol. The largest absolute Gasteiger partial charge is 0.342 e. The summed E-state index contributed by atoms with van der Waals surface area (Å²) in [5.74, 6) is 0.196. The van der Waals surface area contributed by atoms with Gasteiger partial charge in [0, 0.05) is 24.7 Å². The minimum atomic E-state index is -0.283. The Balaban J connectivity index is 1.68. The van der Waals surface area contributed by atoms with Crippen molar-refractivity contribution in [2.45, 2.75) is 32.7 Å². The number of carbonyl (C=O) groups is 2. The number of rotatable bonds is 7. The molecular formula is C24H31N3O2. The molecule has 1 heterocycles. The first kappa shape index (κ1) is 21.1. The highest BCUT2D eigenvalue weighted by Gasteiger charge is 2.34. The maximum Gasteiger partial charge on any atom is 0.244 e. The van der Waals surface area contributed by atoms with Gasteiger partial charge >= 0.3 is 0 Å². The van der Waals surface area contributed by atoms with E-state index in [1.54, 1.807) is 0 Å². The molecule has 2 aromatic rings. The van der Waals surface area contributed by atoms with Gasteiger partial charge in [0.1, 0.15) is 6.04 Å². The fraction of sp³-hybridized carbons (Fsp3) is 0.417. The van der Waals surface area contributed by atoms with Gasteiger partial charge in [-0.1, -0.05) is 48.5 Å². The monoisotopic (exact) mass is 393 g/mol. The molecule has 1 N–H and O–H groups in total. The SMILES string of the molecule is CCN(CC)C(=O)[C@@H](c1ccccc1)N1CCC(C(=O)Nc2ccccc2)CC1. The Morgan fingerprint density at radius 2 is 1.52 bits per heavy atom. The van der Waals surface area contributed by atoms with Crippen LogP contribution in [0.1, 0.15) is 38.3 Å². The molecule has 1 fully saturated rings. The van der Waals surface area contributed by atoms with Gasteiger partial charge in [-0.05, 0) is 57.5 Å². The number of hydrogen-bond donors (Lipinski definition) is 1. The molecule has 1 aliphatic rings. The summed E-state index contributed by atoms with van der Waals surface area (Å²) in [5.41, 5.74) is 1.86. The lowest BCUT2D eigenvalue weighted by Crippen LogP contribution is -2.47. The van der Waals surface area contributed by atoms with Crippen molar-refractivity contribution in [1.82, 2.24) is 9.80 Å². The number of nitrogens with zero attached hydrogens (tertiary/aromatic N) is 2. The van der Waals surface area contributed by atoms with Crippen LogP contribution in [0.4, 0.5) is 5.69 Å². The van der Waals surface area contributed by atoms with Crippen LogP contribution in [-0.2, 0) is 9.59 Å². The maximum absolute atomic E-state index is 13.3. The van der Waals surface area contributed by atoms with Crippen LogP contribution in [0.15, 0.2) is 60.7 Å². The summed E-state index contributed by atoms with van der Waals surface area (Å²) in [7, 11) is 0. The van der Waals surface area contributed by atoms with Gasteiger partial charge in [0.05, 0.1) is 0 Å². The second-order valence-electron chi connectivity index (χ2n) is 7.49. The molecule has 0 aliphatic carbocycles. The third-order valence-electron chi connectivity index (χ3n) is 5.73. The third kappa shape index (κ3) is 5.24. The van der Waals surface area contributed by atoms with Crippen molar-refractivity contribution >= 4 is 17.5 Å². The highest BCUT2D eigenvalue weighted by Crippen LogP contribution is 2.29. The number of likely N-dealkylation sites (N-methyl/N-ethyl adjacent to an activating group) is 1. The number of anilines is 1. The van der Waals surface area contributed by atoms with Gasteiger partial charge in [-0.15, -0.1) is 0 Å². The Bertz CT molecular complexity index is 782. The molecule has 0 saturated carbocycles. The Kier molecular flexibility index (Phi) is 7.42. The summed E-state index contributed by atoms with van der Waals surface area (Å²) >= 11 is 0. The molecule has 1 aliphatic heterocycles. The number of nitrogens with one attached hydrogen (secondary N) is 1. The molecule has 154 valence electrons. The van der Waals surface area contributed by atoms with E-state index in [0.717, 1.165) is 37.2 Å². The molecule has 2 amide bonds. The smallest absolute Gasteiger partial charge is 0.244 e. The van der Waals surface area contributed by atoms with Crippen molar-refractivity contribution in [3.8, 4) is 0 Å². The molecule has 2 aromatic carbocycles. The van der Waals surface area contributed by atoms with E-state index < -0.39 is 0 Å². The Labute approximate surface area is 173 Å². The van der Waals surface area contributed by atoms with E-state index >= 15 is 0 Å².